The molecule has 2 unspecified atom stereocenters. The zero-order valence-corrected chi connectivity index (χ0v) is 10.9. The average molecular weight is 287 g/mol. The number of carboxylic acids is 1. The van der Waals surface area contributed by atoms with E-state index >= 15 is 0 Å². The van der Waals surface area contributed by atoms with Crippen molar-refractivity contribution in [3.05, 3.63) is 23.5 Å². The summed E-state index contributed by atoms with van der Waals surface area (Å²) in [4.78, 5) is 14.9. The fraction of sp³-hybridized carbons (Fsp3) is 0.455. The van der Waals surface area contributed by atoms with Crippen molar-refractivity contribution in [3.63, 3.8) is 0 Å². The van der Waals surface area contributed by atoms with Gasteiger partial charge in [0.05, 0.1) is 11.5 Å². The number of sulfone groups is 1. The van der Waals surface area contributed by atoms with Crippen molar-refractivity contribution in [2.24, 2.45) is 0 Å². The summed E-state index contributed by atoms with van der Waals surface area (Å²) >= 11 is 0. The molecule has 0 saturated carbocycles. The highest BCUT2D eigenvalue weighted by molar-refractivity contribution is 7.91. The Kier molecular flexibility index (Phi) is 3.46. The van der Waals surface area contributed by atoms with Gasteiger partial charge in [0, 0.05) is 5.69 Å². The molecule has 1 saturated heterocycles. The van der Waals surface area contributed by atoms with Crippen LogP contribution in [0.1, 0.15) is 16.2 Å². The number of hydrogen-bond acceptors (Lipinski definition) is 6. The average Bonchev–Trinajstić information content (AvgIpc) is 2.54. The van der Waals surface area contributed by atoms with E-state index in [9.17, 15) is 18.3 Å². The maximum absolute atomic E-state index is 11.3. The van der Waals surface area contributed by atoms with Crippen LogP contribution < -0.4 is 4.74 Å². The summed E-state index contributed by atoms with van der Waals surface area (Å²) in [5.41, 5.74) is 0.209. The molecule has 0 spiro atoms. The lowest BCUT2D eigenvalue weighted by atomic mass is 10.2. The molecule has 2 N–H and O–H groups in total. The predicted octanol–water partition coefficient (Wildman–Crippen LogP) is -0.375. The number of aliphatic hydroxyl groups excluding tert-OH is 1. The SMILES string of the molecule is Cc1ccc(OC2CS(=O)(=O)CC2O)c(C(=O)O)n1. The van der Waals surface area contributed by atoms with E-state index in [4.69, 9.17) is 9.84 Å². The summed E-state index contributed by atoms with van der Waals surface area (Å²) in [6, 6.07) is 2.96. The Bertz CT molecular complexity index is 612. The fourth-order valence-corrected chi connectivity index (χ4v) is 3.53. The van der Waals surface area contributed by atoms with Crippen molar-refractivity contribution in [1.29, 1.82) is 0 Å². The molecule has 1 aromatic heterocycles. The van der Waals surface area contributed by atoms with E-state index in [0.717, 1.165) is 0 Å². The van der Waals surface area contributed by atoms with Crippen LogP contribution in [-0.4, -0.2) is 53.3 Å². The van der Waals surface area contributed by atoms with Gasteiger partial charge in [-0.3, -0.25) is 0 Å². The van der Waals surface area contributed by atoms with Crippen LogP contribution >= 0.6 is 0 Å². The number of ether oxygens (including phenoxy) is 1. The van der Waals surface area contributed by atoms with Gasteiger partial charge in [0.1, 0.15) is 12.2 Å². The van der Waals surface area contributed by atoms with Crippen LogP contribution in [0.5, 0.6) is 5.75 Å². The normalized spacial score (nSPS) is 25.2. The number of aliphatic hydroxyl groups is 1. The first-order chi connectivity index (χ1) is 8.78. The van der Waals surface area contributed by atoms with Gasteiger partial charge in [0.25, 0.3) is 0 Å². The van der Waals surface area contributed by atoms with Crippen molar-refractivity contribution in [2.45, 2.75) is 19.1 Å². The molecule has 2 heterocycles. The molecule has 0 bridgehead atoms. The standard InChI is InChI=1S/C11H13NO6S/c1-6-2-3-8(10(12-6)11(14)15)18-9-5-19(16,17)4-7(9)13/h2-3,7,9,13H,4-5H2,1H3,(H,14,15). The fourth-order valence-electron chi connectivity index (χ4n) is 1.86. The summed E-state index contributed by atoms with van der Waals surface area (Å²) < 4.78 is 28.0. The van der Waals surface area contributed by atoms with E-state index in [2.05, 4.69) is 4.98 Å². The molecule has 2 rings (SSSR count). The molecule has 104 valence electrons. The van der Waals surface area contributed by atoms with E-state index in [1.807, 2.05) is 0 Å². The van der Waals surface area contributed by atoms with Gasteiger partial charge in [-0.05, 0) is 19.1 Å². The van der Waals surface area contributed by atoms with Crippen LogP contribution in [0.4, 0.5) is 0 Å². The van der Waals surface area contributed by atoms with Gasteiger partial charge in [-0.25, -0.2) is 18.2 Å². The molecule has 0 aromatic carbocycles. The predicted molar refractivity (Wildman–Crippen MR) is 65.0 cm³/mol. The van der Waals surface area contributed by atoms with Crippen LogP contribution in [0.15, 0.2) is 12.1 Å². The van der Waals surface area contributed by atoms with Gasteiger partial charge in [-0.1, -0.05) is 0 Å². The van der Waals surface area contributed by atoms with Crippen molar-refractivity contribution in [1.82, 2.24) is 4.98 Å². The van der Waals surface area contributed by atoms with Crippen molar-refractivity contribution < 1.29 is 28.2 Å². The lowest BCUT2D eigenvalue weighted by Crippen LogP contribution is -2.30. The minimum Gasteiger partial charge on any atom is -0.484 e. The minimum atomic E-state index is -3.35. The number of carboxylic acid groups (broad SMARTS) is 1. The Morgan fingerprint density at radius 2 is 2.11 bits per heavy atom. The summed E-state index contributed by atoms with van der Waals surface area (Å²) in [7, 11) is -3.35. The van der Waals surface area contributed by atoms with Crippen molar-refractivity contribution in [2.75, 3.05) is 11.5 Å². The zero-order valence-electron chi connectivity index (χ0n) is 10.1. The molecule has 1 aliphatic heterocycles. The topological polar surface area (TPSA) is 114 Å². The molecule has 0 amide bonds. The first kappa shape index (κ1) is 13.8. The summed E-state index contributed by atoms with van der Waals surface area (Å²) in [5, 5.41) is 18.6. The van der Waals surface area contributed by atoms with Crippen LogP contribution in [0.2, 0.25) is 0 Å². The second kappa shape index (κ2) is 4.78. The van der Waals surface area contributed by atoms with Gasteiger partial charge in [0.2, 0.25) is 0 Å². The second-order valence-corrected chi connectivity index (χ2v) is 6.56. The summed E-state index contributed by atoms with van der Waals surface area (Å²) in [6.45, 7) is 1.63. The first-order valence-corrected chi connectivity index (χ1v) is 7.37. The lowest BCUT2D eigenvalue weighted by Gasteiger charge is -2.16. The van der Waals surface area contributed by atoms with Gasteiger partial charge in [-0.15, -0.1) is 0 Å². The molecule has 2 atom stereocenters. The third kappa shape index (κ3) is 3.02. The van der Waals surface area contributed by atoms with Crippen LogP contribution in [0.25, 0.3) is 0 Å². The lowest BCUT2D eigenvalue weighted by molar-refractivity contribution is 0.0626. The molecular weight excluding hydrogens is 274 g/mol. The molecule has 8 heteroatoms. The third-order valence-electron chi connectivity index (χ3n) is 2.75. The maximum atomic E-state index is 11.3. The van der Waals surface area contributed by atoms with E-state index < -0.39 is 28.0 Å². The van der Waals surface area contributed by atoms with Crippen molar-refractivity contribution in [3.8, 4) is 5.75 Å². The molecule has 7 nitrogen and oxygen atoms in total. The molecule has 0 aliphatic carbocycles. The number of pyridine rings is 1. The Morgan fingerprint density at radius 3 is 2.63 bits per heavy atom. The quantitative estimate of drug-likeness (QED) is 0.779. The summed E-state index contributed by atoms with van der Waals surface area (Å²) in [5.74, 6) is -2.02. The number of nitrogens with zero attached hydrogens (tertiary/aromatic N) is 1. The van der Waals surface area contributed by atoms with E-state index in [1.54, 1.807) is 13.0 Å². The number of aromatic carboxylic acids is 1. The molecule has 1 aliphatic rings. The Morgan fingerprint density at radius 1 is 1.42 bits per heavy atom. The van der Waals surface area contributed by atoms with Crippen molar-refractivity contribution >= 4 is 15.8 Å². The van der Waals surface area contributed by atoms with E-state index in [-0.39, 0.29) is 22.9 Å². The maximum Gasteiger partial charge on any atom is 0.358 e. The van der Waals surface area contributed by atoms with Gasteiger partial charge in [0.15, 0.2) is 21.3 Å². The number of hydrogen-bond donors (Lipinski definition) is 2. The zero-order chi connectivity index (χ0) is 14.2. The number of rotatable bonds is 3. The number of aryl methyl sites for hydroxylation is 1. The smallest absolute Gasteiger partial charge is 0.358 e. The Labute approximate surface area is 109 Å². The Hall–Kier alpha value is -1.67. The van der Waals surface area contributed by atoms with Gasteiger partial charge < -0.3 is 14.9 Å². The molecule has 1 fully saturated rings. The Balaban J connectivity index is 2.27. The minimum absolute atomic E-state index is 0.0424. The van der Waals surface area contributed by atoms with Crippen LogP contribution in [0, 0.1) is 6.92 Å². The van der Waals surface area contributed by atoms with Gasteiger partial charge >= 0.3 is 5.97 Å². The number of aromatic nitrogens is 1. The highest BCUT2D eigenvalue weighted by Crippen LogP contribution is 2.23. The molecule has 19 heavy (non-hydrogen) atoms. The number of carbonyl (C=O) groups is 1. The third-order valence-corrected chi connectivity index (χ3v) is 4.44. The molecular formula is C11H13NO6S. The van der Waals surface area contributed by atoms with Crippen LogP contribution in [0.3, 0.4) is 0 Å². The van der Waals surface area contributed by atoms with Gasteiger partial charge in [-0.2, -0.15) is 0 Å². The highest BCUT2D eigenvalue weighted by atomic mass is 32.2. The van der Waals surface area contributed by atoms with E-state index in [0.29, 0.717) is 5.69 Å². The van der Waals surface area contributed by atoms with Crippen LogP contribution in [-0.2, 0) is 9.84 Å². The highest BCUT2D eigenvalue weighted by Gasteiger charge is 2.38. The largest absolute Gasteiger partial charge is 0.484 e. The molecule has 1 aromatic rings. The summed E-state index contributed by atoms with van der Waals surface area (Å²) in [6.07, 6.45) is -2.12. The first-order valence-electron chi connectivity index (χ1n) is 5.54. The monoisotopic (exact) mass is 287 g/mol. The van der Waals surface area contributed by atoms with E-state index in [1.165, 1.54) is 6.07 Å². The molecule has 0 radical (unpaired) electrons. The second-order valence-electron chi connectivity index (χ2n) is 4.41.